The smallest absolute Gasteiger partial charge is 0.126 e. The predicted molar refractivity (Wildman–Crippen MR) is 124 cm³/mol. The molecule has 2 aliphatic rings. The summed E-state index contributed by atoms with van der Waals surface area (Å²) in [5.74, 6) is 0.802. The first-order valence-electron chi connectivity index (χ1n) is 11.3. The number of ether oxygens (including phenoxy) is 1. The molecule has 3 aromatic rings. The molecule has 0 amide bonds. The molecule has 0 aliphatic carbocycles. The number of aliphatic hydroxyl groups excluding tert-OH is 2. The first-order chi connectivity index (χ1) is 15.5. The van der Waals surface area contributed by atoms with E-state index in [-0.39, 0.29) is 11.4 Å². The number of hydrogen-bond acceptors (Lipinski definition) is 5. The van der Waals surface area contributed by atoms with Crippen molar-refractivity contribution < 1.29 is 20.1 Å². The van der Waals surface area contributed by atoms with Crippen LogP contribution in [0.4, 0.5) is 0 Å². The summed E-state index contributed by atoms with van der Waals surface area (Å²) in [4.78, 5) is 2.27. The van der Waals surface area contributed by atoms with Gasteiger partial charge in [-0.3, -0.25) is 0 Å². The molecular formula is C27H29NO4. The van der Waals surface area contributed by atoms with Gasteiger partial charge in [0.05, 0.1) is 12.2 Å². The van der Waals surface area contributed by atoms with Gasteiger partial charge in [0, 0.05) is 31.6 Å². The van der Waals surface area contributed by atoms with E-state index in [0.717, 1.165) is 37.1 Å². The molecule has 5 nitrogen and oxygen atoms in total. The lowest BCUT2D eigenvalue weighted by molar-refractivity contribution is -0.0588. The first kappa shape index (κ1) is 21.0. The molecule has 1 fully saturated rings. The Morgan fingerprint density at radius 1 is 0.938 bits per heavy atom. The topological polar surface area (TPSA) is 73.2 Å². The average molecular weight is 432 g/mol. The van der Waals surface area contributed by atoms with E-state index in [1.807, 2.05) is 30.3 Å². The van der Waals surface area contributed by atoms with Gasteiger partial charge < -0.3 is 25.0 Å². The monoisotopic (exact) mass is 431 g/mol. The van der Waals surface area contributed by atoms with Crippen molar-refractivity contribution in [2.45, 2.75) is 37.1 Å². The van der Waals surface area contributed by atoms with Crippen LogP contribution in [0.15, 0.2) is 72.8 Å². The summed E-state index contributed by atoms with van der Waals surface area (Å²) in [6.45, 7) is 2.19. The average Bonchev–Trinajstić information content (AvgIpc) is 2.82. The molecule has 0 aromatic heterocycles. The summed E-state index contributed by atoms with van der Waals surface area (Å²) < 4.78 is 6.32. The van der Waals surface area contributed by atoms with Gasteiger partial charge >= 0.3 is 0 Å². The molecule has 2 atom stereocenters. The number of nitrogens with zero attached hydrogens (tertiary/aromatic N) is 1. The van der Waals surface area contributed by atoms with E-state index < -0.39 is 12.2 Å². The summed E-state index contributed by atoms with van der Waals surface area (Å²) in [5, 5.41) is 31.1. The number of rotatable bonds is 4. The molecule has 5 heteroatoms. The Bertz CT molecular complexity index is 1060. The third-order valence-electron chi connectivity index (χ3n) is 6.85. The number of β-amino-alcohol motifs (C(OH)–C–C–N with tert-alkyl or cyclic N) is 1. The quantitative estimate of drug-likeness (QED) is 0.570. The van der Waals surface area contributed by atoms with E-state index in [1.165, 1.54) is 5.56 Å². The summed E-state index contributed by atoms with van der Waals surface area (Å²) in [5.41, 5.74) is 3.50. The number of aliphatic hydroxyl groups is 2. The van der Waals surface area contributed by atoms with Crippen molar-refractivity contribution in [2.24, 2.45) is 0 Å². The van der Waals surface area contributed by atoms with Gasteiger partial charge in [0.15, 0.2) is 0 Å². The fourth-order valence-corrected chi connectivity index (χ4v) is 4.95. The van der Waals surface area contributed by atoms with Crippen molar-refractivity contribution in [3.63, 3.8) is 0 Å². The molecule has 2 aliphatic heterocycles. The Kier molecular flexibility index (Phi) is 5.64. The van der Waals surface area contributed by atoms with Gasteiger partial charge in [-0.1, -0.05) is 54.6 Å². The van der Waals surface area contributed by atoms with Gasteiger partial charge in [-0.25, -0.2) is 0 Å². The molecule has 0 bridgehead atoms. The number of phenolic OH excluding ortho intramolecular Hbond substituents is 1. The maximum atomic E-state index is 10.8. The van der Waals surface area contributed by atoms with E-state index in [0.29, 0.717) is 24.3 Å². The minimum atomic E-state index is -0.633. The van der Waals surface area contributed by atoms with Crippen molar-refractivity contribution in [3.8, 4) is 22.6 Å². The van der Waals surface area contributed by atoms with E-state index in [2.05, 4.69) is 29.2 Å². The number of piperidine rings is 1. The normalized spacial score (nSPS) is 21.0. The lowest BCUT2D eigenvalue weighted by Crippen LogP contribution is -2.51. The minimum absolute atomic E-state index is 0.142. The molecule has 0 unspecified atom stereocenters. The zero-order valence-corrected chi connectivity index (χ0v) is 18.0. The van der Waals surface area contributed by atoms with Gasteiger partial charge in [-0.15, -0.1) is 0 Å². The van der Waals surface area contributed by atoms with E-state index in [4.69, 9.17) is 4.74 Å². The van der Waals surface area contributed by atoms with Crippen LogP contribution in [0.25, 0.3) is 11.1 Å². The van der Waals surface area contributed by atoms with Crippen LogP contribution >= 0.6 is 0 Å². The molecule has 2 heterocycles. The number of hydrogen-bond donors (Lipinski definition) is 3. The maximum Gasteiger partial charge on any atom is 0.126 e. The standard InChI is InChI=1S/C27H29NO4/c29-22-10-11-26-23(16-22)24(30)17-27(32-26)12-14-28(15-13-27)18-25(31)21-8-6-20(7-9-21)19-4-2-1-3-5-19/h1-11,16,24-25,29-31H,12-15,17-18H2/t24-,25+/m1/s1. The molecule has 0 saturated carbocycles. The summed E-state index contributed by atoms with van der Waals surface area (Å²) >= 11 is 0. The number of likely N-dealkylation sites (tertiary alicyclic amines) is 1. The molecule has 1 spiro atoms. The third kappa shape index (κ3) is 4.24. The molecule has 3 N–H and O–H groups in total. The van der Waals surface area contributed by atoms with Crippen LogP contribution < -0.4 is 4.74 Å². The molecule has 32 heavy (non-hydrogen) atoms. The molecule has 1 saturated heterocycles. The van der Waals surface area contributed by atoms with Crippen molar-refractivity contribution in [3.05, 3.63) is 83.9 Å². The number of fused-ring (bicyclic) bond motifs is 1. The fraction of sp³-hybridized carbons (Fsp3) is 0.333. The highest BCUT2D eigenvalue weighted by Gasteiger charge is 2.43. The fourth-order valence-electron chi connectivity index (χ4n) is 4.95. The van der Waals surface area contributed by atoms with E-state index >= 15 is 0 Å². The van der Waals surface area contributed by atoms with E-state index in [1.54, 1.807) is 18.2 Å². The summed E-state index contributed by atoms with van der Waals surface area (Å²) in [7, 11) is 0. The highest BCUT2D eigenvalue weighted by Crippen LogP contribution is 2.45. The van der Waals surface area contributed by atoms with Gasteiger partial charge in [0.2, 0.25) is 0 Å². The molecule has 3 aromatic carbocycles. The largest absolute Gasteiger partial charge is 0.508 e. The number of benzene rings is 3. The highest BCUT2D eigenvalue weighted by molar-refractivity contribution is 5.63. The first-order valence-corrected chi connectivity index (χ1v) is 11.3. The minimum Gasteiger partial charge on any atom is -0.508 e. The van der Waals surface area contributed by atoms with Gasteiger partial charge in [-0.05, 0) is 47.7 Å². The second-order valence-corrected chi connectivity index (χ2v) is 9.03. The zero-order chi connectivity index (χ0) is 22.1. The second-order valence-electron chi connectivity index (χ2n) is 9.03. The molecule has 5 rings (SSSR count). The Morgan fingerprint density at radius 3 is 2.34 bits per heavy atom. The van der Waals surface area contributed by atoms with Crippen LogP contribution in [0.3, 0.4) is 0 Å². The Balaban J connectivity index is 1.19. The van der Waals surface area contributed by atoms with Crippen molar-refractivity contribution in [2.75, 3.05) is 19.6 Å². The Labute approximate surface area is 188 Å². The molecular weight excluding hydrogens is 402 g/mol. The van der Waals surface area contributed by atoms with Gasteiger partial charge in [0.1, 0.15) is 17.1 Å². The van der Waals surface area contributed by atoms with Gasteiger partial charge in [0.25, 0.3) is 0 Å². The Morgan fingerprint density at radius 2 is 1.62 bits per heavy atom. The molecule has 166 valence electrons. The van der Waals surface area contributed by atoms with Gasteiger partial charge in [-0.2, -0.15) is 0 Å². The maximum absolute atomic E-state index is 10.8. The molecule has 0 radical (unpaired) electrons. The number of aromatic hydroxyl groups is 1. The summed E-state index contributed by atoms with van der Waals surface area (Å²) in [6.07, 6.45) is 0.941. The SMILES string of the molecule is Oc1ccc2c(c1)[C@H](O)CC1(CCN(C[C@H](O)c3ccc(-c4ccccc4)cc3)CC1)O2. The Hall–Kier alpha value is -2.86. The van der Waals surface area contributed by atoms with E-state index in [9.17, 15) is 15.3 Å². The van der Waals surface area contributed by atoms with Crippen LogP contribution in [-0.2, 0) is 0 Å². The number of phenols is 1. The zero-order valence-electron chi connectivity index (χ0n) is 18.0. The van der Waals surface area contributed by atoms with Crippen LogP contribution in [-0.4, -0.2) is 45.5 Å². The van der Waals surface area contributed by atoms with Crippen molar-refractivity contribution in [1.82, 2.24) is 4.90 Å². The lowest BCUT2D eigenvalue weighted by Gasteiger charge is -2.46. The van der Waals surface area contributed by atoms with Crippen LogP contribution in [0.2, 0.25) is 0 Å². The second kappa shape index (κ2) is 8.58. The summed E-state index contributed by atoms with van der Waals surface area (Å²) in [6, 6.07) is 23.3. The van der Waals surface area contributed by atoms with Crippen molar-refractivity contribution >= 4 is 0 Å². The van der Waals surface area contributed by atoms with Crippen LogP contribution in [0, 0.1) is 0 Å². The van der Waals surface area contributed by atoms with Crippen LogP contribution in [0.5, 0.6) is 11.5 Å². The lowest BCUT2D eigenvalue weighted by atomic mass is 9.81. The predicted octanol–water partition coefficient (Wildman–Crippen LogP) is 4.44. The third-order valence-corrected chi connectivity index (χ3v) is 6.85. The highest BCUT2D eigenvalue weighted by atomic mass is 16.5. The van der Waals surface area contributed by atoms with Crippen LogP contribution in [0.1, 0.15) is 42.6 Å². The van der Waals surface area contributed by atoms with Crippen molar-refractivity contribution in [1.29, 1.82) is 0 Å².